The molecule has 0 aromatic rings. The molecule has 4 heteroatoms. The molecule has 3 N–H and O–H groups in total. The molecule has 4 nitrogen and oxygen atoms in total. The van der Waals surface area contributed by atoms with Crippen LogP contribution < -0.4 is 16.0 Å². The van der Waals surface area contributed by atoms with Gasteiger partial charge in [0.1, 0.15) is 0 Å². The first-order valence-electron chi connectivity index (χ1n) is 6.09. The number of hydrogen-bond acceptors (Lipinski definition) is 2. The summed E-state index contributed by atoms with van der Waals surface area (Å²) in [6.07, 6.45) is 6.15. The first-order valence-corrected chi connectivity index (χ1v) is 6.09. The molecule has 86 valence electrons. The maximum absolute atomic E-state index is 11.5. The third-order valence-corrected chi connectivity index (χ3v) is 3.36. The summed E-state index contributed by atoms with van der Waals surface area (Å²) in [5.74, 6) is 0.641. The van der Waals surface area contributed by atoms with Crippen LogP contribution in [0.2, 0.25) is 0 Å². The maximum Gasteiger partial charge on any atom is 0.315 e. The van der Waals surface area contributed by atoms with E-state index in [0.29, 0.717) is 12.0 Å². The summed E-state index contributed by atoms with van der Waals surface area (Å²) in [6.45, 7) is 2.90. The molecule has 0 unspecified atom stereocenters. The molecule has 1 heterocycles. The van der Waals surface area contributed by atoms with Crippen LogP contribution in [0.4, 0.5) is 4.79 Å². The Bertz CT molecular complexity index is 210. The topological polar surface area (TPSA) is 53.2 Å². The van der Waals surface area contributed by atoms with E-state index in [1.165, 1.54) is 19.3 Å². The molecular formula is C11H21N3O. The minimum absolute atomic E-state index is 0.0220. The summed E-state index contributed by atoms with van der Waals surface area (Å²) in [7, 11) is 0. The minimum atomic E-state index is 0.0220. The van der Waals surface area contributed by atoms with Crippen molar-refractivity contribution < 1.29 is 4.79 Å². The summed E-state index contributed by atoms with van der Waals surface area (Å²) in [6, 6.07) is 0.437. The number of carbonyl (C=O) groups is 1. The normalized spacial score (nSPS) is 23.2. The molecule has 1 saturated carbocycles. The van der Waals surface area contributed by atoms with Crippen molar-refractivity contribution in [1.82, 2.24) is 16.0 Å². The monoisotopic (exact) mass is 211 g/mol. The summed E-state index contributed by atoms with van der Waals surface area (Å²) in [5.41, 5.74) is 0. The van der Waals surface area contributed by atoms with Crippen LogP contribution in [0.3, 0.4) is 0 Å². The molecule has 0 radical (unpaired) electrons. The number of hydrogen-bond donors (Lipinski definition) is 3. The molecule has 2 aliphatic rings. The van der Waals surface area contributed by atoms with Gasteiger partial charge in [0.05, 0.1) is 0 Å². The highest BCUT2D eigenvalue weighted by atomic mass is 16.2. The van der Waals surface area contributed by atoms with E-state index in [1.807, 2.05) is 0 Å². The minimum Gasteiger partial charge on any atom is -0.338 e. The van der Waals surface area contributed by atoms with E-state index < -0.39 is 0 Å². The van der Waals surface area contributed by atoms with Crippen LogP contribution in [0.5, 0.6) is 0 Å². The van der Waals surface area contributed by atoms with Gasteiger partial charge in [0, 0.05) is 31.6 Å². The zero-order chi connectivity index (χ0) is 10.5. The van der Waals surface area contributed by atoms with Gasteiger partial charge >= 0.3 is 6.03 Å². The van der Waals surface area contributed by atoms with Crippen LogP contribution in [-0.4, -0.2) is 31.7 Å². The van der Waals surface area contributed by atoms with Gasteiger partial charge < -0.3 is 16.0 Å². The van der Waals surface area contributed by atoms with E-state index in [4.69, 9.17) is 0 Å². The first-order chi connectivity index (χ1) is 7.34. The van der Waals surface area contributed by atoms with Crippen LogP contribution in [0, 0.1) is 5.92 Å². The molecule has 1 saturated heterocycles. The fraction of sp³-hybridized carbons (Fsp3) is 0.909. The Labute approximate surface area is 91.2 Å². The molecule has 0 atom stereocenters. The van der Waals surface area contributed by atoms with Crippen LogP contribution in [-0.2, 0) is 0 Å². The van der Waals surface area contributed by atoms with Gasteiger partial charge in [0.15, 0.2) is 0 Å². The lowest BCUT2D eigenvalue weighted by atomic mass is 9.96. The molecule has 2 rings (SSSR count). The van der Waals surface area contributed by atoms with E-state index in [0.717, 1.165) is 32.5 Å². The molecule has 0 spiro atoms. The van der Waals surface area contributed by atoms with Gasteiger partial charge in [-0.3, -0.25) is 0 Å². The fourth-order valence-electron chi connectivity index (χ4n) is 2.21. The average Bonchev–Trinajstić information content (AvgIpc) is 2.17. The smallest absolute Gasteiger partial charge is 0.315 e. The van der Waals surface area contributed by atoms with Crippen molar-refractivity contribution in [2.24, 2.45) is 5.92 Å². The number of carbonyl (C=O) groups excluding carboxylic acids is 1. The first kappa shape index (κ1) is 10.7. The standard InChI is InChI=1S/C11H21N3O/c15-11(13-8-9-6-12-7-9)14-10-4-2-1-3-5-10/h9-10,12H,1-8H2,(H2,13,14,15). The number of urea groups is 1. The lowest BCUT2D eigenvalue weighted by molar-refractivity contribution is 0.227. The number of nitrogens with one attached hydrogen (secondary N) is 3. The highest BCUT2D eigenvalue weighted by molar-refractivity contribution is 5.74. The number of rotatable bonds is 3. The summed E-state index contributed by atoms with van der Waals surface area (Å²) < 4.78 is 0. The fourth-order valence-corrected chi connectivity index (χ4v) is 2.21. The average molecular weight is 211 g/mol. The van der Waals surface area contributed by atoms with Crippen molar-refractivity contribution in [3.8, 4) is 0 Å². The van der Waals surface area contributed by atoms with Gasteiger partial charge in [0.25, 0.3) is 0 Å². The van der Waals surface area contributed by atoms with Gasteiger partial charge in [-0.1, -0.05) is 19.3 Å². The second-order valence-corrected chi connectivity index (χ2v) is 4.71. The molecule has 2 fully saturated rings. The highest BCUT2D eigenvalue weighted by Gasteiger charge is 2.19. The van der Waals surface area contributed by atoms with Gasteiger partial charge in [-0.15, -0.1) is 0 Å². The van der Waals surface area contributed by atoms with Gasteiger partial charge in [-0.05, 0) is 12.8 Å². The van der Waals surface area contributed by atoms with Crippen LogP contribution >= 0.6 is 0 Å². The predicted molar refractivity (Wildman–Crippen MR) is 59.8 cm³/mol. The van der Waals surface area contributed by atoms with Crippen LogP contribution in [0.1, 0.15) is 32.1 Å². The Morgan fingerprint density at radius 2 is 1.93 bits per heavy atom. The lowest BCUT2D eigenvalue weighted by Gasteiger charge is -2.28. The Kier molecular flexibility index (Phi) is 3.83. The van der Waals surface area contributed by atoms with Crippen molar-refractivity contribution in [2.75, 3.05) is 19.6 Å². The van der Waals surface area contributed by atoms with Crippen LogP contribution in [0.15, 0.2) is 0 Å². The molecule has 1 aliphatic heterocycles. The molecule has 1 aliphatic carbocycles. The van der Waals surface area contributed by atoms with Crippen LogP contribution in [0.25, 0.3) is 0 Å². The van der Waals surface area contributed by atoms with Crippen molar-refractivity contribution in [1.29, 1.82) is 0 Å². The number of amides is 2. The molecule has 0 aromatic carbocycles. The molecule has 0 bridgehead atoms. The van der Waals surface area contributed by atoms with E-state index in [2.05, 4.69) is 16.0 Å². The lowest BCUT2D eigenvalue weighted by Crippen LogP contribution is -2.51. The van der Waals surface area contributed by atoms with Gasteiger partial charge in [-0.25, -0.2) is 4.79 Å². The summed E-state index contributed by atoms with van der Waals surface area (Å²) >= 11 is 0. The maximum atomic E-state index is 11.5. The van der Waals surface area contributed by atoms with Crippen molar-refractivity contribution in [2.45, 2.75) is 38.1 Å². The molecule has 15 heavy (non-hydrogen) atoms. The molecular weight excluding hydrogens is 190 g/mol. The predicted octanol–water partition coefficient (Wildman–Crippen LogP) is 0.838. The summed E-state index contributed by atoms with van der Waals surface area (Å²) in [5, 5.41) is 9.19. The Hall–Kier alpha value is -0.770. The molecule has 2 amide bonds. The zero-order valence-corrected chi connectivity index (χ0v) is 9.22. The second-order valence-electron chi connectivity index (χ2n) is 4.71. The van der Waals surface area contributed by atoms with Crippen molar-refractivity contribution in [3.05, 3.63) is 0 Å². The van der Waals surface area contributed by atoms with E-state index in [9.17, 15) is 4.79 Å². The van der Waals surface area contributed by atoms with E-state index in [1.54, 1.807) is 0 Å². The van der Waals surface area contributed by atoms with E-state index >= 15 is 0 Å². The van der Waals surface area contributed by atoms with E-state index in [-0.39, 0.29) is 6.03 Å². The summed E-state index contributed by atoms with van der Waals surface area (Å²) in [4.78, 5) is 11.5. The molecule has 0 aromatic heterocycles. The Morgan fingerprint density at radius 3 is 2.53 bits per heavy atom. The largest absolute Gasteiger partial charge is 0.338 e. The third kappa shape index (κ3) is 3.38. The Balaban J connectivity index is 1.58. The van der Waals surface area contributed by atoms with Gasteiger partial charge in [0.2, 0.25) is 0 Å². The Morgan fingerprint density at radius 1 is 1.20 bits per heavy atom. The third-order valence-electron chi connectivity index (χ3n) is 3.36. The zero-order valence-electron chi connectivity index (χ0n) is 9.22. The second kappa shape index (κ2) is 5.35. The highest BCUT2D eigenvalue weighted by Crippen LogP contribution is 2.17. The van der Waals surface area contributed by atoms with Crippen molar-refractivity contribution in [3.63, 3.8) is 0 Å². The van der Waals surface area contributed by atoms with Gasteiger partial charge in [-0.2, -0.15) is 0 Å². The SMILES string of the molecule is O=C(NCC1CNC1)NC1CCCCC1. The van der Waals surface area contributed by atoms with Crippen molar-refractivity contribution >= 4 is 6.03 Å². The quantitative estimate of drug-likeness (QED) is 0.648.